The Morgan fingerprint density at radius 3 is 2.74 bits per heavy atom. The molecule has 34 heavy (non-hydrogen) atoms. The average Bonchev–Trinajstić information content (AvgIpc) is 3.43. The number of carbonyl (C=O) groups is 1. The van der Waals surface area contributed by atoms with Crippen molar-refractivity contribution in [2.24, 2.45) is 0 Å². The first-order valence-corrected chi connectivity index (χ1v) is 11.1. The van der Waals surface area contributed by atoms with Gasteiger partial charge in [0.25, 0.3) is 11.5 Å². The third-order valence-electron chi connectivity index (χ3n) is 5.72. The first-order valence-electron chi connectivity index (χ1n) is 11.1. The Kier molecular flexibility index (Phi) is 6.74. The number of hydroxylamine groups is 2. The molecule has 0 radical (unpaired) electrons. The van der Waals surface area contributed by atoms with Crippen LogP contribution in [0.3, 0.4) is 0 Å². The van der Waals surface area contributed by atoms with Crippen molar-refractivity contribution in [2.75, 3.05) is 20.8 Å². The molecule has 2 aromatic heterocycles. The Balaban J connectivity index is 0.00000133. The number of carbonyl (C=O) groups excluding carboxylic acids is 1. The average molecular weight is 462 g/mol. The van der Waals surface area contributed by atoms with Crippen LogP contribution >= 0.6 is 0 Å². The summed E-state index contributed by atoms with van der Waals surface area (Å²) in [6, 6.07) is 10.9. The van der Waals surface area contributed by atoms with E-state index in [1.165, 1.54) is 12.2 Å². The number of ether oxygens (including phenoxy) is 1. The maximum atomic E-state index is 12.8. The summed E-state index contributed by atoms with van der Waals surface area (Å²) in [4.78, 5) is 37.9. The smallest absolute Gasteiger partial charge is 0.277 e. The zero-order valence-corrected chi connectivity index (χ0v) is 19.6. The number of nitrogens with one attached hydrogen (secondary N) is 2. The third-order valence-corrected chi connectivity index (χ3v) is 5.72. The lowest BCUT2D eigenvalue weighted by Gasteiger charge is -2.25. The molecule has 0 bridgehead atoms. The van der Waals surface area contributed by atoms with Crippen LogP contribution in [0.5, 0.6) is 5.75 Å². The van der Waals surface area contributed by atoms with Gasteiger partial charge in [-0.2, -0.15) is 5.10 Å². The molecule has 1 aliphatic rings. The van der Waals surface area contributed by atoms with Crippen molar-refractivity contribution < 1.29 is 14.4 Å². The predicted molar refractivity (Wildman–Crippen MR) is 129 cm³/mol. The van der Waals surface area contributed by atoms with Crippen LogP contribution in [-0.2, 0) is 11.3 Å². The number of hydrogen-bond donors (Lipinski definition) is 2. The number of amides is 1. The molecule has 0 spiro atoms. The molecule has 9 heteroatoms. The lowest BCUT2D eigenvalue weighted by molar-refractivity contribution is -0.0757. The number of benzene rings is 2. The van der Waals surface area contributed by atoms with Crippen molar-refractivity contribution in [3.8, 4) is 16.9 Å². The van der Waals surface area contributed by atoms with E-state index in [1.54, 1.807) is 37.6 Å². The van der Waals surface area contributed by atoms with Gasteiger partial charge in [0.15, 0.2) is 0 Å². The zero-order chi connectivity index (χ0) is 24.2. The van der Waals surface area contributed by atoms with Gasteiger partial charge >= 0.3 is 0 Å². The van der Waals surface area contributed by atoms with E-state index in [9.17, 15) is 9.59 Å². The van der Waals surface area contributed by atoms with Crippen molar-refractivity contribution in [2.45, 2.75) is 26.2 Å². The second-order valence-electron chi connectivity index (χ2n) is 7.69. The van der Waals surface area contributed by atoms with Gasteiger partial charge in [-0.3, -0.25) is 19.5 Å². The predicted octanol–water partition coefficient (Wildman–Crippen LogP) is 3.69. The minimum atomic E-state index is -0.247. The largest absolute Gasteiger partial charge is 0.493 e. The highest BCUT2D eigenvalue weighted by Gasteiger charge is 2.25. The molecule has 0 saturated heterocycles. The van der Waals surface area contributed by atoms with E-state index in [-0.39, 0.29) is 17.4 Å². The molecule has 1 aliphatic heterocycles. The van der Waals surface area contributed by atoms with Crippen LogP contribution < -0.4 is 10.3 Å². The summed E-state index contributed by atoms with van der Waals surface area (Å²) in [6.45, 7) is 4.39. The number of fused-ring (bicyclic) bond motifs is 2. The summed E-state index contributed by atoms with van der Waals surface area (Å²) in [5.74, 6) is 0.905. The fraction of sp³-hybridized carbons (Fsp3) is 0.280. The molecule has 3 heterocycles. The first kappa shape index (κ1) is 23.2. The summed E-state index contributed by atoms with van der Waals surface area (Å²) in [5, 5.41) is 8.41. The highest BCUT2D eigenvalue weighted by Crippen LogP contribution is 2.32. The van der Waals surface area contributed by atoms with Crippen LogP contribution in [-0.4, -0.2) is 51.9 Å². The van der Waals surface area contributed by atoms with Crippen molar-refractivity contribution in [1.29, 1.82) is 0 Å². The summed E-state index contributed by atoms with van der Waals surface area (Å²) in [7, 11) is 3.00. The molecule has 0 fully saturated rings. The monoisotopic (exact) mass is 461 g/mol. The molecule has 2 aromatic carbocycles. The normalized spacial score (nSPS) is 14.5. The molecule has 1 unspecified atom stereocenters. The van der Waals surface area contributed by atoms with E-state index < -0.39 is 0 Å². The number of aromatic amines is 2. The van der Waals surface area contributed by atoms with Crippen molar-refractivity contribution in [1.82, 2.24) is 25.2 Å². The molecule has 4 aromatic rings. The van der Waals surface area contributed by atoms with Gasteiger partial charge in [0, 0.05) is 24.4 Å². The molecule has 0 aliphatic carbocycles. The van der Waals surface area contributed by atoms with Crippen molar-refractivity contribution in [3.63, 3.8) is 0 Å². The van der Waals surface area contributed by atoms with Crippen LogP contribution in [0.4, 0.5) is 0 Å². The standard InChI is InChI=1S/C23H21N5O4.C2H6/c1-28(31-2)23(30)14-4-6-20-15(7-14)8-16(12-32-20)21-26-19-5-3-13(17-10-24-25-11-17)9-18(19)22(29)27-21;1-2/h3-7,9-11,16H,8,12H2,1-2H3,(H,24,25)(H,26,27,29);1-2H3. The van der Waals surface area contributed by atoms with Crippen LogP contribution in [0, 0.1) is 0 Å². The molecule has 2 N–H and O–H groups in total. The topological polar surface area (TPSA) is 113 Å². The number of hydrogen-bond acceptors (Lipinski definition) is 6. The van der Waals surface area contributed by atoms with Gasteiger partial charge in [-0.05, 0) is 47.9 Å². The SMILES string of the molecule is CC.CON(C)C(=O)c1ccc2c(c1)CC(c1nc3ccc(-c4cn[nH]c4)cc3c(=O)[nH]1)CO2. The second-order valence-corrected chi connectivity index (χ2v) is 7.69. The lowest BCUT2D eigenvalue weighted by atomic mass is 9.94. The maximum Gasteiger partial charge on any atom is 0.277 e. The Morgan fingerprint density at radius 2 is 2.00 bits per heavy atom. The second kappa shape index (κ2) is 9.88. The van der Waals surface area contributed by atoms with Gasteiger partial charge < -0.3 is 9.72 Å². The summed E-state index contributed by atoms with van der Waals surface area (Å²) < 4.78 is 5.90. The minimum absolute atomic E-state index is 0.140. The van der Waals surface area contributed by atoms with Crippen molar-refractivity contribution in [3.05, 3.63) is 76.1 Å². The zero-order valence-electron chi connectivity index (χ0n) is 19.6. The lowest BCUT2D eigenvalue weighted by Crippen LogP contribution is -2.27. The molecule has 1 atom stereocenters. The highest BCUT2D eigenvalue weighted by atomic mass is 16.7. The van der Waals surface area contributed by atoms with E-state index in [0.29, 0.717) is 35.3 Å². The van der Waals surface area contributed by atoms with Gasteiger partial charge in [-0.25, -0.2) is 10.0 Å². The quantitative estimate of drug-likeness (QED) is 0.448. The molecule has 176 valence electrons. The summed E-state index contributed by atoms with van der Waals surface area (Å²) in [6.07, 6.45) is 4.07. The van der Waals surface area contributed by atoms with Gasteiger partial charge in [-0.15, -0.1) is 0 Å². The summed E-state index contributed by atoms with van der Waals surface area (Å²) in [5.41, 5.74) is 3.59. The number of nitrogens with zero attached hydrogens (tertiary/aromatic N) is 3. The minimum Gasteiger partial charge on any atom is -0.493 e. The van der Waals surface area contributed by atoms with Crippen LogP contribution in [0.25, 0.3) is 22.0 Å². The van der Waals surface area contributed by atoms with Gasteiger partial charge in [0.2, 0.25) is 0 Å². The molecule has 9 nitrogen and oxygen atoms in total. The third kappa shape index (κ3) is 4.42. The Labute approximate surface area is 196 Å². The van der Waals surface area contributed by atoms with Gasteiger partial charge in [-0.1, -0.05) is 19.9 Å². The van der Waals surface area contributed by atoms with Gasteiger partial charge in [0.1, 0.15) is 11.6 Å². The van der Waals surface area contributed by atoms with E-state index in [1.807, 2.05) is 32.0 Å². The Morgan fingerprint density at radius 1 is 1.18 bits per heavy atom. The fourth-order valence-electron chi connectivity index (χ4n) is 3.91. The number of H-pyrrole nitrogens is 2. The molecule has 0 saturated carbocycles. The number of rotatable bonds is 4. The molecule has 1 amide bonds. The fourth-order valence-corrected chi connectivity index (χ4v) is 3.91. The maximum absolute atomic E-state index is 12.8. The van der Waals surface area contributed by atoms with E-state index in [2.05, 4.69) is 15.2 Å². The molecule has 5 rings (SSSR count). The summed E-state index contributed by atoms with van der Waals surface area (Å²) >= 11 is 0. The van der Waals surface area contributed by atoms with E-state index >= 15 is 0 Å². The molecular weight excluding hydrogens is 434 g/mol. The number of aromatic nitrogens is 4. The van der Waals surface area contributed by atoms with Crippen molar-refractivity contribution >= 4 is 16.8 Å². The Hall–Kier alpha value is -3.98. The van der Waals surface area contributed by atoms with E-state index in [4.69, 9.17) is 14.6 Å². The van der Waals surface area contributed by atoms with Crippen LogP contribution in [0.15, 0.2) is 53.6 Å². The first-order chi connectivity index (χ1) is 16.5. The van der Waals surface area contributed by atoms with Gasteiger partial charge in [0.05, 0.1) is 36.7 Å². The van der Waals surface area contributed by atoms with Crippen LogP contribution in [0.1, 0.15) is 41.5 Å². The van der Waals surface area contributed by atoms with Crippen LogP contribution in [0.2, 0.25) is 0 Å². The van der Waals surface area contributed by atoms with E-state index in [0.717, 1.165) is 22.4 Å². The highest BCUT2D eigenvalue weighted by molar-refractivity contribution is 5.93. The molecular formula is C25H27N5O4. The Bertz CT molecular complexity index is 1360.